The summed E-state index contributed by atoms with van der Waals surface area (Å²) in [5.41, 5.74) is 0. The van der Waals surface area contributed by atoms with Gasteiger partial charge in [-0.3, -0.25) is 4.79 Å². The van der Waals surface area contributed by atoms with Crippen molar-refractivity contribution in [3.05, 3.63) is 0 Å². The zero-order valence-corrected chi connectivity index (χ0v) is 9.97. The van der Waals surface area contributed by atoms with Crippen LogP contribution in [-0.4, -0.2) is 52.9 Å². The van der Waals surface area contributed by atoms with Crippen molar-refractivity contribution in [1.29, 1.82) is 0 Å². The van der Waals surface area contributed by atoms with Gasteiger partial charge in [0.2, 0.25) is 5.91 Å². The quantitative estimate of drug-likeness (QED) is 0.415. The van der Waals surface area contributed by atoms with Crippen LogP contribution in [0.5, 0.6) is 0 Å². The third-order valence-electron chi connectivity index (χ3n) is 2.63. The van der Waals surface area contributed by atoms with E-state index in [-0.39, 0.29) is 5.91 Å². The number of nitrogens with one attached hydrogen (secondary N) is 3. The Labute approximate surface area is 104 Å². The molecule has 0 aromatic heterocycles. The Bertz CT molecular complexity index is 344. The molecule has 0 aromatic carbocycles. The van der Waals surface area contributed by atoms with E-state index in [1.807, 2.05) is 0 Å². The van der Waals surface area contributed by atoms with E-state index < -0.39 is 30.2 Å². The second-order valence-electron chi connectivity index (χ2n) is 4.16. The van der Waals surface area contributed by atoms with Crippen molar-refractivity contribution in [3.63, 3.8) is 0 Å². The smallest absolute Gasteiger partial charge is 0.328 e. The first-order valence-corrected chi connectivity index (χ1v) is 5.67. The zero-order valence-electron chi connectivity index (χ0n) is 9.97. The van der Waals surface area contributed by atoms with Crippen LogP contribution in [0.15, 0.2) is 0 Å². The van der Waals surface area contributed by atoms with E-state index in [1.165, 1.54) is 6.92 Å². The summed E-state index contributed by atoms with van der Waals surface area (Å²) in [5.74, 6) is -1.63. The predicted molar refractivity (Wildman–Crippen MR) is 60.8 cm³/mol. The number of carboxylic acid groups (broad SMARTS) is 1. The van der Waals surface area contributed by atoms with Gasteiger partial charge < -0.3 is 26.2 Å². The van der Waals surface area contributed by atoms with E-state index >= 15 is 0 Å². The topological polar surface area (TPSA) is 128 Å². The molecule has 3 atom stereocenters. The van der Waals surface area contributed by atoms with Gasteiger partial charge in [0.25, 0.3) is 0 Å². The van der Waals surface area contributed by atoms with E-state index in [0.717, 1.165) is 6.42 Å². The van der Waals surface area contributed by atoms with Crippen LogP contribution in [0.25, 0.3) is 0 Å². The number of piperidine rings is 1. The average Bonchev–Trinajstić information content (AvgIpc) is 2.28. The molecule has 0 radical (unpaired) electrons. The molecule has 102 valence electrons. The van der Waals surface area contributed by atoms with Crippen LogP contribution in [0.2, 0.25) is 0 Å². The van der Waals surface area contributed by atoms with Crippen LogP contribution in [-0.2, 0) is 9.59 Å². The van der Waals surface area contributed by atoms with Crippen LogP contribution in [0, 0.1) is 0 Å². The van der Waals surface area contributed by atoms with Crippen LogP contribution < -0.4 is 16.0 Å². The fourth-order valence-corrected chi connectivity index (χ4v) is 1.64. The molecule has 1 rings (SSSR count). The highest BCUT2D eigenvalue weighted by atomic mass is 16.4. The standard InChI is InChI=1S/C10H17N3O5/c1-5(14)7(9(16)17)13-10(18)12-6-3-2-4-11-8(6)15/h5-7,14H,2-4H2,1H3,(H,11,15)(H,16,17)(H2,12,13,18)/t5-,6?,7+/m1/s1. The molecule has 1 saturated heterocycles. The molecule has 3 amide bonds. The Balaban J connectivity index is 2.49. The lowest BCUT2D eigenvalue weighted by Gasteiger charge is -2.24. The predicted octanol–water partition coefficient (Wildman–Crippen LogP) is -1.60. The van der Waals surface area contributed by atoms with Gasteiger partial charge in [-0.2, -0.15) is 0 Å². The molecule has 0 saturated carbocycles. The fourth-order valence-electron chi connectivity index (χ4n) is 1.64. The van der Waals surface area contributed by atoms with Crippen molar-refractivity contribution >= 4 is 17.9 Å². The number of carbonyl (C=O) groups is 3. The largest absolute Gasteiger partial charge is 0.480 e. The van der Waals surface area contributed by atoms with Gasteiger partial charge in [-0.05, 0) is 19.8 Å². The fraction of sp³-hybridized carbons (Fsp3) is 0.700. The van der Waals surface area contributed by atoms with Crippen LogP contribution in [0.1, 0.15) is 19.8 Å². The number of carbonyl (C=O) groups excluding carboxylic acids is 2. The van der Waals surface area contributed by atoms with Gasteiger partial charge in [0, 0.05) is 6.54 Å². The number of aliphatic carboxylic acids is 1. The molecule has 8 nitrogen and oxygen atoms in total. The van der Waals surface area contributed by atoms with E-state index in [4.69, 9.17) is 5.11 Å². The number of rotatable bonds is 4. The minimum Gasteiger partial charge on any atom is -0.480 e. The molecule has 18 heavy (non-hydrogen) atoms. The number of hydrogen-bond donors (Lipinski definition) is 5. The lowest BCUT2D eigenvalue weighted by molar-refractivity contribution is -0.141. The number of amides is 3. The van der Waals surface area contributed by atoms with Crippen LogP contribution >= 0.6 is 0 Å². The van der Waals surface area contributed by atoms with Crippen molar-refractivity contribution in [2.45, 2.75) is 38.0 Å². The molecule has 1 unspecified atom stereocenters. The Hall–Kier alpha value is -1.83. The van der Waals surface area contributed by atoms with E-state index in [0.29, 0.717) is 13.0 Å². The third kappa shape index (κ3) is 3.88. The second kappa shape index (κ2) is 6.20. The normalized spacial score (nSPS) is 22.6. The monoisotopic (exact) mass is 259 g/mol. The number of urea groups is 1. The minimum atomic E-state index is -1.41. The number of carboxylic acids is 1. The average molecular weight is 259 g/mol. The maximum absolute atomic E-state index is 11.5. The van der Waals surface area contributed by atoms with Gasteiger partial charge in [-0.1, -0.05) is 0 Å². The summed E-state index contributed by atoms with van der Waals surface area (Å²) < 4.78 is 0. The Kier molecular flexibility index (Phi) is 4.90. The first kappa shape index (κ1) is 14.2. The second-order valence-corrected chi connectivity index (χ2v) is 4.16. The first-order valence-electron chi connectivity index (χ1n) is 5.67. The molecule has 0 aromatic rings. The van der Waals surface area contributed by atoms with Crippen molar-refractivity contribution < 1.29 is 24.6 Å². The number of hydrogen-bond acceptors (Lipinski definition) is 4. The molecule has 8 heteroatoms. The summed E-state index contributed by atoms with van der Waals surface area (Å²) >= 11 is 0. The molecular weight excluding hydrogens is 242 g/mol. The summed E-state index contributed by atoms with van der Waals surface area (Å²) in [5, 5.41) is 25.0. The summed E-state index contributed by atoms with van der Waals surface area (Å²) in [7, 11) is 0. The molecule has 1 heterocycles. The van der Waals surface area contributed by atoms with Crippen molar-refractivity contribution in [2.24, 2.45) is 0 Å². The number of aliphatic hydroxyl groups is 1. The van der Waals surface area contributed by atoms with Crippen molar-refractivity contribution in [1.82, 2.24) is 16.0 Å². The van der Waals surface area contributed by atoms with Gasteiger partial charge in [-0.15, -0.1) is 0 Å². The highest BCUT2D eigenvalue weighted by Crippen LogP contribution is 2.02. The Morgan fingerprint density at radius 2 is 2.17 bits per heavy atom. The molecule has 1 aliphatic heterocycles. The van der Waals surface area contributed by atoms with Gasteiger partial charge in [-0.25, -0.2) is 9.59 Å². The zero-order chi connectivity index (χ0) is 13.7. The summed E-state index contributed by atoms with van der Waals surface area (Å²) in [6.45, 7) is 1.83. The molecule has 1 aliphatic rings. The summed E-state index contributed by atoms with van der Waals surface area (Å²) in [4.78, 5) is 33.6. The maximum Gasteiger partial charge on any atom is 0.328 e. The minimum absolute atomic E-state index is 0.291. The van der Waals surface area contributed by atoms with E-state index in [9.17, 15) is 19.5 Å². The van der Waals surface area contributed by atoms with Crippen molar-refractivity contribution in [3.8, 4) is 0 Å². The Morgan fingerprint density at radius 1 is 1.50 bits per heavy atom. The van der Waals surface area contributed by atoms with Gasteiger partial charge in [0.05, 0.1) is 6.10 Å². The summed E-state index contributed by atoms with van der Waals surface area (Å²) in [6.07, 6.45) is 0.0228. The molecule has 1 fully saturated rings. The molecule has 0 bridgehead atoms. The van der Waals surface area contributed by atoms with Crippen LogP contribution in [0.4, 0.5) is 4.79 Å². The van der Waals surface area contributed by atoms with Crippen molar-refractivity contribution in [2.75, 3.05) is 6.54 Å². The highest BCUT2D eigenvalue weighted by molar-refractivity contribution is 5.89. The van der Waals surface area contributed by atoms with E-state index in [2.05, 4.69) is 16.0 Å². The Morgan fingerprint density at radius 3 is 2.67 bits per heavy atom. The lowest BCUT2D eigenvalue weighted by atomic mass is 10.1. The lowest BCUT2D eigenvalue weighted by Crippen LogP contribution is -2.57. The third-order valence-corrected chi connectivity index (χ3v) is 2.63. The van der Waals surface area contributed by atoms with Gasteiger partial charge in [0.1, 0.15) is 6.04 Å². The van der Waals surface area contributed by atoms with E-state index in [1.54, 1.807) is 0 Å². The highest BCUT2D eigenvalue weighted by Gasteiger charge is 2.28. The molecule has 0 aliphatic carbocycles. The SMILES string of the molecule is C[C@@H](O)[C@H](NC(=O)NC1CCCNC1=O)C(=O)O. The molecular formula is C10H17N3O5. The number of aliphatic hydroxyl groups excluding tert-OH is 1. The molecule has 0 spiro atoms. The summed E-state index contributed by atoms with van der Waals surface area (Å²) in [6, 6.07) is -2.86. The molecule has 5 N–H and O–H groups in total. The maximum atomic E-state index is 11.5. The van der Waals surface area contributed by atoms with Crippen LogP contribution in [0.3, 0.4) is 0 Å². The first-order chi connectivity index (χ1) is 8.41. The van der Waals surface area contributed by atoms with Gasteiger partial charge >= 0.3 is 12.0 Å². The van der Waals surface area contributed by atoms with Gasteiger partial charge in [0.15, 0.2) is 6.04 Å².